The minimum atomic E-state index is -0.851. The minimum absolute atomic E-state index is 0.000939. The Labute approximate surface area is 113 Å². The Kier molecular flexibility index (Phi) is 6.24. The van der Waals surface area contributed by atoms with E-state index in [9.17, 15) is 9.59 Å². The van der Waals surface area contributed by atoms with E-state index in [0.717, 1.165) is 12.8 Å². The number of hydrogen-bond donors (Lipinski definition) is 2. The molecular weight excluding hydrogens is 248 g/mol. The Morgan fingerprint density at radius 1 is 1.37 bits per heavy atom. The van der Waals surface area contributed by atoms with Crippen molar-refractivity contribution in [3.63, 3.8) is 0 Å². The molecule has 6 heteroatoms. The summed E-state index contributed by atoms with van der Waals surface area (Å²) in [5, 5.41) is 8.52. The zero-order chi connectivity index (χ0) is 14.4. The van der Waals surface area contributed by atoms with E-state index < -0.39 is 12.0 Å². The molecule has 1 fully saturated rings. The van der Waals surface area contributed by atoms with Gasteiger partial charge in [-0.25, -0.2) is 0 Å². The molecule has 3 N–H and O–H groups in total. The van der Waals surface area contributed by atoms with Gasteiger partial charge >= 0.3 is 5.97 Å². The van der Waals surface area contributed by atoms with E-state index in [1.54, 1.807) is 4.90 Å². The standard InChI is InChI=1S/C13H24N2O4/c1-9(2)12(14)13(18)15-6-3-10(4-7-15)19-8-5-11(16)17/h9-10,12H,3-8,14H2,1-2H3,(H,16,17). The second kappa shape index (κ2) is 7.45. The van der Waals surface area contributed by atoms with Gasteiger partial charge in [0.15, 0.2) is 0 Å². The van der Waals surface area contributed by atoms with Crippen LogP contribution in [0, 0.1) is 5.92 Å². The first kappa shape index (κ1) is 15.9. The predicted octanol–water partition coefficient (Wildman–Crippen LogP) is 0.452. The van der Waals surface area contributed by atoms with Gasteiger partial charge in [0.05, 0.1) is 25.2 Å². The quantitative estimate of drug-likeness (QED) is 0.732. The summed E-state index contributed by atoms with van der Waals surface area (Å²) in [6.07, 6.45) is 1.57. The zero-order valence-corrected chi connectivity index (χ0v) is 11.7. The third-order valence-electron chi connectivity index (χ3n) is 3.43. The number of piperidine rings is 1. The van der Waals surface area contributed by atoms with Crippen LogP contribution in [0.3, 0.4) is 0 Å². The van der Waals surface area contributed by atoms with E-state index in [4.69, 9.17) is 15.6 Å². The van der Waals surface area contributed by atoms with Crippen molar-refractivity contribution in [2.24, 2.45) is 11.7 Å². The van der Waals surface area contributed by atoms with E-state index in [-0.39, 0.29) is 31.0 Å². The fourth-order valence-corrected chi connectivity index (χ4v) is 2.05. The molecule has 19 heavy (non-hydrogen) atoms. The van der Waals surface area contributed by atoms with Crippen LogP contribution in [0.25, 0.3) is 0 Å². The first-order valence-electron chi connectivity index (χ1n) is 6.79. The largest absolute Gasteiger partial charge is 0.481 e. The maximum absolute atomic E-state index is 12.0. The summed E-state index contributed by atoms with van der Waals surface area (Å²) in [5.41, 5.74) is 5.85. The van der Waals surface area contributed by atoms with Crippen LogP contribution in [-0.2, 0) is 14.3 Å². The predicted molar refractivity (Wildman–Crippen MR) is 70.6 cm³/mol. The van der Waals surface area contributed by atoms with Gasteiger partial charge in [0.2, 0.25) is 5.91 Å². The summed E-state index contributed by atoms with van der Waals surface area (Å²) >= 11 is 0. The third kappa shape index (κ3) is 5.16. The third-order valence-corrected chi connectivity index (χ3v) is 3.43. The molecule has 1 rings (SSSR count). The molecule has 0 spiro atoms. The average molecular weight is 272 g/mol. The first-order valence-corrected chi connectivity index (χ1v) is 6.79. The van der Waals surface area contributed by atoms with Crippen molar-refractivity contribution in [3.05, 3.63) is 0 Å². The number of hydrogen-bond acceptors (Lipinski definition) is 4. The highest BCUT2D eigenvalue weighted by Crippen LogP contribution is 2.16. The van der Waals surface area contributed by atoms with Gasteiger partial charge in [0, 0.05) is 13.1 Å². The van der Waals surface area contributed by atoms with Gasteiger partial charge in [-0.15, -0.1) is 0 Å². The zero-order valence-electron chi connectivity index (χ0n) is 11.7. The number of likely N-dealkylation sites (tertiary alicyclic amines) is 1. The molecule has 110 valence electrons. The van der Waals surface area contributed by atoms with Crippen LogP contribution in [0.2, 0.25) is 0 Å². The van der Waals surface area contributed by atoms with E-state index in [2.05, 4.69) is 0 Å². The highest BCUT2D eigenvalue weighted by atomic mass is 16.5. The monoisotopic (exact) mass is 272 g/mol. The van der Waals surface area contributed by atoms with Crippen LogP contribution in [0.5, 0.6) is 0 Å². The van der Waals surface area contributed by atoms with Gasteiger partial charge in [-0.3, -0.25) is 9.59 Å². The molecule has 1 saturated heterocycles. The first-order chi connectivity index (χ1) is 8.91. The number of rotatable bonds is 6. The Balaban J connectivity index is 2.28. The topological polar surface area (TPSA) is 92.9 Å². The molecule has 1 amide bonds. The van der Waals surface area contributed by atoms with Crippen molar-refractivity contribution >= 4 is 11.9 Å². The molecule has 1 unspecified atom stereocenters. The van der Waals surface area contributed by atoms with Crippen LogP contribution in [-0.4, -0.2) is 53.7 Å². The number of amides is 1. The SMILES string of the molecule is CC(C)C(N)C(=O)N1CCC(OCCC(=O)O)CC1. The number of carbonyl (C=O) groups excluding carboxylic acids is 1. The van der Waals surface area contributed by atoms with Crippen LogP contribution < -0.4 is 5.73 Å². The molecule has 0 saturated carbocycles. The molecule has 0 bridgehead atoms. The molecule has 1 heterocycles. The number of nitrogens with two attached hydrogens (primary N) is 1. The van der Waals surface area contributed by atoms with Gasteiger partial charge in [-0.1, -0.05) is 13.8 Å². The number of carbonyl (C=O) groups is 2. The van der Waals surface area contributed by atoms with E-state index in [1.165, 1.54) is 0 Å². The lowest BCUT2D eigenvalue weighted by molar-refractivity contribution is -0.139. The molecule has 0 aliphatic carbocycles. The number of ether oxygens (including phenoxy) is 1. The Morgan fingerprint density at radius 3 is 2.42 bits per heavy atom. The Hall–Kier alpha value is -1.14. The van der Waals surface area contributed by atoms with Crippen molar-refractivity contribution in [1.82, 2.24) is 4.90 Å². The van der Waals surface area contributed by atoms with Crippen molar-refractivity contribution in [3.8, 4) is 0 Å². The Bertz CT molecular complexity index is 312. The Morgan fingerprint density at radius 2 is 1.95 bits per heavy atom. The molecule has 0 aromatic carbocycles. The lowest BCUT2D eigenvalue weighted by Crippen LogP contribution is -2.50. The maximum atomic E-state index is 12.0. The summed E-state index contributed by atoms with van der Waals surface area (Å²) in [4.78, 5) is 24.2. The van der Waals surface area contributed by atoms with Gasteiger partial charge in [-0.2, -0.15) is 0 Å². The highest BCUT2D eigenvalue weighted by molar-refractivity contribution is 5.82. The number of nitrogens with zero attached hydrogens (tertiary/aromatic N) is 1. The van der Waals surface area contributed by atoms with Crippen molar-refractivity contribution in [1.29, 1.82) is 0 Å². The molecule has 0 radical (unpaired) electrons. The van der Waals surface area contributed by atoms with Gasteiger partial charge in [0.25, 0.3) is 0 Å². The van der Waals surface area contributed by atoms with Crippen LogP contribution in [0.1, 0.15) is 33.1 Å². The summed E-state index contributed by atoms with van der Waals surface area (Å²) in [7, 11) is 0. The highest BCUT2D eigenvalue weighted by Gasteiger charge is 2.27. The summed E-state index contributed by atoms with van der Waals surface area (Å²) in [6.45, 7) is 5.38. The van der Waals surface area contributed by atoms with Crippen LogP contribution in [0.4, 0.5) is 0 Å². The number of carboxylic acid groups (broad SMARTS) is 1. The molecule has 0 aromatic rings. The molecule has 1 aliphatic rings. The van der Waals surface area contributed by atoms with Crippen molar-refractivity contribution in [2.75, 3.05) is 19.7 Å². The molecular formula is C13H24N2O4. The molecule has 0 aromatic heterocycles. The fourth-order valence-electron chi connectivity index (χ4n) is 2.05. The lowest BCUT2D eigenvalue weighted by Gasteiger charge is -2.34. The van der Waals surface area contributed by atoms with Crippen molar-refractivity contribution < 1.29 is 19.4 Å². The van der Waals surface area contributed by atoms with Gasteiger partial charge in [0.1, 0.15) is 0 Å². The number of aliphatic carboxylic acids is 1. The van der Waals surface area contributed by atoms with E-state index >= 15 is 0 Å². The van der Waals surface area contributed by atoms with Crippen LogP contribution in [0.15, 0.2) is 0 Å². The van der Waals surface area contributed by atoms with E-state index in [1.807, 2.05) is 13.8 Å². The second-order valence-corrected chi connectivity index (χ2v) is 5.31. The normalized spacial score (nSPS) is 18.6. The summed E-state index contributed by atoms with van der Waals surface area (Å²) in [6, 6.07) is -0.440. The average Bonchev–Trinajstić information content (AvgIpc) is 2.37. The summed E-state index contributed by atoms with van der Waals surface area (Å²) in [5.74, 6) is -0.716. The van der Waals surface area contributed by atoms with Crippen LogP contribution >= 0.6 is 0 Å². The number of carboxylic acids is 1. The minimum Gasteiger partial charge on any atom is -0.481 e. The molecule has 6 nitrogen and oxygen atoms in total. The molecule has 1 atom stereocenters. The summed E-state index contributed by atoms with van der Waals surface area (Å²) < 4.78 is 5.48. The molecule has 1 aliphatic heterocycles. The lowest BCUT2D eigenvalue weighted by atomic mass is 10.0. The van der Waals surface area contributed by atoms with Gasteiger partial charge < -0.3 is 20.5 Å². The van der Waals surface area contributed by atoms with E-state index in [0.29, 0.717) is 13.1 Å². The van der Waals surface area contributed by atoms with Gasteiger partial charge in [-0.05, 0) is 18.8 Å². The maximum Gasteiger partial charge on any atom is 0.305 e. The fraction of sp³-hybridized carbons (Fsp3) is 0.846. The van der Waals surface area contributed by atoms with Crippen molar-refractivity contribution in [2.45, 2.75) is 45.3 Å². The smallest absolute Gasteiger partial charge is 0.305 e. The second-order valence-electron chi connectivity index (χ2n) is 5.31.